The van der Waals surface area contributed by atoms with Crippen LogP contribution in [0, 0.1) is 0 Å². The predicted molar refractivity (Wildman–Crippen MR) is 60.5 cm³/mol. The molecule has 1 aromatic heterocycles. The van der Waals surface area contributed by atoms with Gasteiger partial charge >= 0.3 is 5.97 Å². The van der Waals surface area contributed by atoms with Crippen molar-refractivity contribution in [2.45, 2.75) is 18.8 Å². The van der Waals surface area contributed by atoms with E-state index in [1.807, 2.05) is 11.4 Å². The second kappa shape index (κ2) is 4.77. The van der Waals surface area contributed by atoms with Crippen molar-refractivity contribution in [2.75, 3.05) is 20.2 Å². The molecule has 2 rings (SSSR count). The molecule has 1 atom stereocenters. The molecule has 2 heterocycles. The Hall–Kier alpha value is -0.870. The molecular weight excluding hydrogens is 210 g/mol. The van der Waals surface area contributed by atoms with E-state index in [0.29, 0.717) is 11.5 Å². The van der Waals surface area contributed by atoms with Crippen molar-refractivity contribution in [2.24, 2.45) is 0 Å². The maximum absolute atomic E-state index is 11.3. The van der Waals surface area contributed by atoms with Gasteiger partial charge in [-0.3, -0.25) is 0 Å². The van der Waals surface area contributed by atoms with Gasteiger partial charge in [-0.2, -0.15) is 0 Å². The number of esters is 1. The zero-order valence-corrected chi connectivity index (χ0v) is 9.60. The molecule has 1 aromatic rings. The van der Waals surface area contributed by atoms with Gasteiger partial charge in [0.25, 0.3) is 0 Å². The van der Waals surface area contributed by atoms with Crippen LogP contribution in [-0.4, -0.2) is 26.2 Å². The zero-order valence-electron chi connectivity index (χ0n) is 8.79. The minimum absolute atomic E-state index is 0.235. The van der Waals surface area contributed by atoms with Crippen LogP contribution in [0.25, 0.3) is 0 Å². The third kappa shape index (κ3) is 2.38. The molecule has 1 aliphatic heterocycles. The molecule has 1 fully saturated rings. The molecule has 0 saturated carbocycles. The van der Waals surface area contributed by atoms with Gasteiger partial charge in [0.2, 0.25) is 0 Å². The average Bonchev–Trinajstić information content (AvgIpc) is 2.78. The number of carbonyl (C=O) groups excluding carboxylic acids is 1. The van der Waals surface area contributed by atoms with Gasteiger partial charge < -0.3 is 10.1 Å². The summed E-state index contributed by atoms with van der Waals surface area (Å²) in [4.78, 5) is 12.6. The fraction of sp³-hybridized carbons (Fsp3) is 0.545. The standard InChI is InChI=1S/C11H15NO2S/c1-14-11(13)9-5-10(15-7-9)8-3-2-4-12-6-8/h5,7-8,12H,2-4,6H2,1H3. The molecule has 1 aliphatic rings. The van der Waals surface area contributed by atoms with Crippen molar-refractivity contribution in [3.05, 3.63) is 21.9 Å². The first-order valence-corrected chi connectivity index (χ1v) is 6.06. The number of hydrogen-bond acceptors (Lipinski definition) is 4. The Morgan fingerprint density at radius 2 is 2.53 bits per heavy atom. The van der Waals surface area contributed by atoms with E-state index in [1.165, 1.54) is 24.8 Å². The predicted octanol–water partition coefficient (Wildman–Crippen LogP) is 2.00. The van der Waals surface area contributed by atoms with Crippen LogP contribution in [0.2, 0.25) is 0 Å². The molecule has 15 heavy (non-hydrogen) atoms. The van der Waals surface area contributed by atoms with E-state index >= 15 is 0 Å². The normalized spacial score (nSPS) is 21.3. The van der Waals surface area contributed by atoms with Crippen molar-refractivity contribution in [1.82, 2.24) is 5.32 Å². The van der Waals surface area contributed by atoms with Gasteiger partial charge in [0.15, 0.2) is 0 Å². The Kier molecular flexibility index (Phi) is 3.38. The molecule has 0 radical (unpaired) electrons. The fourth-order valence-corrected chi connectivity index (χ4v) is 2.90. The van der Waals surface area contributed by atoms with Crippen LogP contribution in [0.5, 0.6) is 0 Å². The van der Waals surface area contributed by atoms with Crippen LogP contribution in [0.15, 0.2) is 11.4 Å². The lowest BCUT2D eigenvalue weighted by atomic mass is 9.98. The number of hydrogen-bond donors (Lipinski definition) is 1. The first-order valence-electron chi connectivity index (χ1n) is 5.18. The van der Waals surface area contributed by atoms with Crippen LogP contribution in [0.1, 0.15) is 34.0 Å². The smallest absolute Gasteiger partial charge is 0.338 e. The van der Waals surface area contributed by atoms with Gasteiger partial charge in [-0.25, -0.2) is 4.79 Å². The van der Waals surface area contributed by atoms with E-state index < -0.39 is 0 Å². The average molecular weight is 225 g/mol. The quantitative estimate of drug-likeness (QED) is 0.782. The van der Waals surface area contributed by atoms with Crippen molar-refractivity contribution in [3.63, 3.8) is 0 Å². The van der Waals surface area contributed by atoms with Crippen molar-refractivity contribution >= 4 is 17.3 Å². The minimum Gasteiger partial charge on any atom is -0.465 e. The number of piperidine rings is 1. The molecule has 0 bridgehead atoms. The molecule has 4 heteroatoms. The summed E-state index contributed by atoms with van der Waals surface area (Å²) >= 11 is 1.66. The van der Waals surface area contributed by atoms with E-state index in [0.717, 1.165) is 13.1 Å². The molecule has 0 spiro atoms. The molecule has 0 aliphatic carbocycles. The van der Waals surface area contributed by atoms with Gasteiger partial charge in [-0.05, 0) is 25.5 Å². The highest BCUT2D eigenvalue weighted by atomic mass is 32.1. The second-order valence-corrected chi connectivity index (χ2v) is 4.72. The van der Waals surface area contributed by atoms with E-state index in [2.05, 4.69) is 10.1 Å². The lowest BCUT2D eigenvalue weighted by Crippen LogP contribution is -2.27. The summed E-state index contributed by atoms with van der Waals surface area (Å²) in [7, 11) is 1.42. The lowest BCUT2D eigenvalue weighted by Gasteiger charge is -2.21. The molecule has 1 N–H and O–H groups in total. The van der Waals surface area contributed by atoms with Crippen LogP contribution in [0.3, 0.4) is 0 Å². The largest absolute Gasteiger partial charge is 0.465 e. The van der Waals surface area contributed by atoms with E-state index in [-0.39, 0.29) is 5.97 Å². The summed E-state index contributed by atoms with van der Waals surface area (Å²) in [6.07, 6.45) is 2.43. The van der Waals surface area contributed by atoms with Crippen LogP contribution >= 0.6 is 11.3 Å². The van der Waals surface area contributed by atoms with Gasteiger partial charge in [0.1, 0.15) is 0 Å². The van der Waals surface area contributed by atoms with Gasteiger partial charge in [0, 0.05) is 22.7 Å². The third-order valence-corrected chi connectivity index (χ3v) is 3.84. The first kappa shape index (κ1) is 10.6. The zero-order chi connectivity index (χ0) is 10.7. The Balaban J connectivity index is 2.08. The summed E-state index contributed by atoms with van der Waals surface area (Å²) in [5.41, 5.74) is 0.683. The van der Waals surface area contributed by atoms with Crippen LogP contribution in [-0.2, 0) is 4.74 Å². The number of ether oxygens (including phenoxy) is 1. The third-order valence-electron chi connectivity index (χ3n) is 2.74. The van der Waals surface area contributed by atoms with Gasteiger partial charge in [-0.1, -0.05) is 0 Å². The SMILES string of the molecule is COC(=O)c1csc(C2CCCNC2)c1. The summed E-state index contributed by atoms with van der Waals surface area (Å²) in [6, 6.07) is 1.97. The fourth-order valence-electron chi connectivity index (χ4n) is 1.89. The number of thiophene rings is 1. The Bertz CT molecular complexity index is 342. The minimum atomic E-state index is -0.235. The summed E-state index contributed by atoms with van der Waals surface area (Å²) in [5, 5.41) is 5.26. The maximum atomic E-state index is 11.3. The Morgan fingerprint density at radius 1 is 1.67 bits per heavy atom. The van der Waals surface area contributed by atoms with Crippen LogP contribution < -0.4 is 5.32 Å². The Labute approximate surface area is 93.4 Å². The molecule has 1 saturated heterocycles. The number of carbonyl (C=O) groups is 1. The first-order chi connectivity index (χ1) is 7.31. The highest BCUT2D eigenvalue weighted by Gasteiger charge is 2.18. The second-order valence-electron chi connectivity index (χ2n) is 3.77. The van der Waals surface area contributed by atoms with E-state index in [1.54, 1.807) is 11.3 Å². The molecule has 3 nitrogen and oxygen atoms in total. The molecular formula is C11H15NO2S. The molecule has 0 aromatic carbocycles. The van der Waals surface area contributed by atoms with Gasteiger partial charge in [0.05, 0.1) is 12.7 Å². The summed E-state index contributed by atoms with van der Waals surface area (Å²) in [6.45, 7) is 2.15. The number of rotatable bonds is 2. The molecule has 1 unspecified atom stereocenters. The van der Waals surface area contributed by atoms with Crippen LogP contribution in [0.4, 0.5) is 0 Å². The molecule has 82 valence electrons. The van der Waals surface area contributed by atoms with Crippen molar-refractivity contribution < 1.29 is 9.53 Å². The lowest BCUT2D eigenvalue weighted by molar-refractivity contribution is 0.0601. The van der Waals surface area contributed by atoms with Crippen molar-refractivity contribution in [3.8, 4) is 0 Å². The van der Waals surface area contributed by atoms with Crippen molar-refractivity contribution in [1.29, 1.82) is 0 Å². The number of nitrogens with one attached hydrogen (secondary N) is 1. The summed E-state index contributed by atoms with van der Waals surface area (Å²) in [5.74, 6) is 0.337. The highest BCUT2D eigenvalue weighted by molar-refractivity contribution is 7.10. The molecule has 0 amide bonds. The maximum Gasteiger partial charge on any atom is 0.338 e. The van der Waals surface area contributed by atoms with E-state index in [4.69, 9.17) is 0 Å². The van der Waals surface area contributed by atoms with E-state index in [9.17, 15) is 4.79 Å². The Morgan fingerprint density at radius 3 is 3.20 bits per heavy atom. The highest BCUT2D eigenvalue weighted by Crippen LogP contribution is 2.29. The number of methoxy groups -OCH3 is 1. The topological polar surface area (TPSA) is 38.3 Å². The summed E-state index contributed by atoms with van der Waals surface area (Å²) < 4.78 is 4.69. The van der Waals surface area contributed by atoms with Gasteiger partial charge in [-0.15, -0.1) is 11.3 Å². The monoisotopic (exact) mass is 225 g/mol.